The van der Waals surface area contributed by atoms with Gasteiger partial charge in [-0.3, -0.25) is 37.3 Å². The standard InChI is InChI=1S/C73H142O17P2/c1-7-11-13-15-17-19-20-21-22-23-24-25-26-32-39-45-51-57-72(77)89-68(62-84-71(76)56-50-44-38-31-28-27-30-35-41-47-53-65(5)9-3)63-87-91(79,80)85-59-67(74)60-86-92(81,82)88-64-69(61-83-70(75)55-49-43-37-29-18-16-14-12-8-2)90-73(78)58-52-46-40-34-33-36-42-48-54-66(6)10-4/h65-69,74H,7-64H2,1-6H3,(H,79,80)(H,81,82)/t65?,66?,67-,68-,69-/m1/s1. The quantitative estimate of drug-likeness (QED) is 0.0222. The second kappa shape index (κ2) is 65.0. The third-order valence-corrected chi connectivity index (χ3v) is 19.6. The van der Waals surface area contributed by atoms with E-state index in [1.807, 2.05) is 0 Å². The lowest BCUT2D eigenvalue weighted by atomic mass is 9.99. The fourth-order valence-electron chi connectivity index (χ4n) is 11.1. The predicted molar refractivity (Wildman–Crippen MR) is 372 cm³/mol. The topological polar surface area (TPSA) is 237 Å². The van der Waals surface area contributed by atoms with Crippen molar-refractivity contribution >= 4 is 39.5 Å². The molecule has 3 N–H and O–H groups in total. The highest BCUT2D eigenvalue weighted by molar-refractivity contribution is 7.47. The minimum absolute atomic E-state index is 0.105. The molecule has 0 aromatic rings. The van der Waals surface area contributed by atoms with Crippen molar-refractivity contribution in [2.24, 2.45) is 11.8 Å². The van der Waals surface area contributed by atoms with E-state index in [1.54, 1.807) is 0 Å². The first-order chi connectivity index (χ1) is 44.4. The molecule has 7 atom stereocenters. The molecule has 0 rings (SSSR count). The van der Waals surface area contributed by atoms with Gasteiger partial charge in [0.25, 0.3) is 0 Å². The summed E-state index contributed by atoms with van der Waals surface area (Å²) in [6.07, 6.45) is 51.2. The van der Waals surface area contributed by atoms with Gasteiger partial charge in [0.15, 0.2) is 12.2 Å². The van der Waals surface area contributed by atoms with Gasteiger partial charge in [0, 0.05) is 25.7 Å². The Hall–Kier alpha value is -1.94. The molecule has 0 heterocycles. The Bertz CT molecular complexity index is 1790. The van der Waals surface area contributed by atoms with E-state index in [0.29, 0.717) is 25.7 Å². The number of aliphatic hydroxyl groups is 1. The van der Waals surface area contributed by atoms with Gasteiger partial charge >= 0.3 is 39.5 Å². The fourth-order valence-corrected chi connectivity index (χ4v) is 12.6. The second-order valence-corrected chi connectivity index (χ2v) is 29.7. The number of carbonyl (C=O) groups is 4. The molecule has 92 heavy (non-hydrogen) atoms. The summed E-state index contributed by atoms with van der Waals surface area (Å²) in [5.74, 6) is -0.542. The molecule has 0 aromatic carbocycles. The molecule has 0 bridgehead atoms. The van der Waals surface area contributed by atoms with Crippen LogP contribution >= 0.6 is 15.6 Å². The van der Waals surface area contributed by atoms with Crippen LogP contribution < -0.4 is 0 Å². The van der Waals surface area contributed by atoms with E-state index in [4.69, 9.17) is 37.0 Å². The summed E-state index contributed by atoms with van der Waals surface area (Å²) in [7, 11) is -9.90. The highest BCUT2D eigenvalue weighted by Gasteiger charge is 2.30. The maximum Gasteiger partial charge on any atom is 0.472 e. The average Bonchev–Trinajstić information content (AvgIpc) is 2.67. The van der Waals surface area contributed by atoms with E-state index in [0.717, 1.165) is 102 Å². The van der Waals surface area contributed by atoms with Crippen LogP contribution in [-0.4, -0.2) is 96.7 Å². The van der Waals surface area contributed by atoms with E-state index in [-0.39, 0.29) is 25.7 Å². The minimum atomic E-state index is -4.95. The number of phosphoric acid groups is 2. The van der Waals surface area contributed by atoms with Gasteiger partial charge in [0.1, 0.15) is 19.3 Å². The highest BCUT2D eigenvalue weighted by atomic mass is 31.2. The number of rotatable bonds is 72. The lowest BCUT2D eigenvalue weighted by Crippen LogP contribution is -2.30. The first-order valence-corrected chi connectivity index (χ1v) is 41.1. The van der Waals surface area contributed by atoms with Gasteiger partial charge in [-0.05, 0) is 37.5 Å². The summed E-state index contributed by atoms with van der Waals surface area (Å²) in [4.78, 5) is 72.6. The van der Waals surface area contributed by atoms with Gasteiger partial charge in [0.05, 0.1) is 26.4 Å². The van der Waals surface area contributed by atoms with E-state index >= 15 is 0 Å². The number of hydrogen-bond donors (Lipinski definition) is 3. The van der Waals surface area contributed by atoms with E-state index in [1.165, 1.54) is 193 Å². The van der Waals surface area contributed by atoms with Crippen molar-refractivity contribution < 1.29 is 80.2 Å². The summed E-state index contributed by atoms with van der Waals surface area (Å²) in [6.45, 7) is 9.59. The van der Waals surface area contributed by atoms with Crippen molar-refractivity contribution in [2.45, 2.75) is 394 Å². The van der Waals surface area contributed by atoms with Crippen LogP contribution in [0.15, 0.2) is 0 Å². The smallest absolute Gasteiger partial charge is 0.462 e. The maximum atomic E-state index is 13.1. The first kappa shape index (κ1) is 90.1. The number of phosphoric ester groups is 2. The van der Waals surface area contributed by atoms with Gasteiger partial charge in [0.2, 0.25) is 0 Å². The summed E-state index contributed by atoms with van der Waals surface area (Å²) < 4.78 is 68.4. The zero-order valence-corrected chi connectivity index (χ0v) is 61.6. The van der Waals surface area contributed by atoms with Gasteiger partial charge in [-0.15, -0.1) is 0 Å². The number of aliphatic hydroxyl groups excluding tert-OH is 1. The Morgan fingerprint density at radius 3 is 0.772 bits per heavy atom. The third kappa shape index (κ3) is 64.1. The van der Waals surface area contributed by atoms with Crippen molar-refractivity contribution in [3.05, 3.63) is 0 Å². The van der Waals surface area contributed by atoms with Crippen LogP contribution in [0, 0.1) is 11.8 Å². The normalized spacial score (nSPS) is 14.7. The van der Waals surface area contributed by atoms with Crippen LogP contribution in [0.1, 0.15) is 375 Å². The third-order valence-electron chi connectivity index (χ3n) is 17.7. The molecule has 4 unspecified atom stereocenters. The molecule has 546 valence electrons. The molecular weight excluding hydrogens is 1210 g/mol. The molecule has 17 nitrogen and oxygen atoms in total. The van der Waals surface area contributed by atoms with Crippen LogP contribution in [0.4, 0.5) is 0 Å². The number of ether oxygens (including phenoxy) is 4. The van der Waals surface area contributed by atoms with Crippen LogP contribution in [-0.2, 0) is 65.4 Å². The van der Waals surface area contributed by atoms with E-state index in [2.05, 4.69) is 41.5 Å². The summed E-state index contributed by atoms with van der Waals surface area (Å²) in [6, 6.07) is 0. The summed E-state index contributed by atoms with van der Waals surface area (Å²) in [5.41, 5.74) is 0. The molecule has 0 saturated heterocycles. The van der Waals surface area contributed by atoms with Crippen LogP contribution in [0.5, 0.6) is 0 Å². The number of esters is 4. The average molecular weight is 1350 g/mol. The molecule has 0 radical (unpaired) electrons. The molecular formula is C73H142O17P2. The SMILES string of the molecule is CCCCCCCCCCCCCCCCCCCC(=O)O[C@H](COC(=O)CCCCCCCCCCCCC(C)CC)COP(=O)(O)OC[C@@H](O)COP(=O)(O)OC[C@@H](COC(=O)CCCCCCCCCCC)OC(=O)CCCCCCCCCCC(C)CC. The van der Waals surface area contributed by atoms with Gasteiger partial charge in [-0.25, -0.2) is 9.13 Å². The van der Waals surface area contributed by atoms with Crippen molar-refractivity contribution in [1.82, 2.24) is 0 Å². The second-order valence-electron chi connectivity index (χ2n) is 26.8. The molecule has 0 spiro atoms. The zero-order valence-electron chi connectivity index (χ0n) is 59.9. The Morgan fingerprint density at radius 2 is 0.522 bits per heavy atom. The molecule has 0 saturated carbocycles. The number of carbonyl (C=O) groups excluding carboxylic acids is 4. The Balaban J connectivity index is 5.24. The van der Waals surface area contributed by atoms with E-state index < -0.39 is 97.5 Å². The van der Waals surface area contributed by atoms with Crippen LogP contribution in [0.25, 0.3) is 0 Å². The number of unbranched alkanes of at least 4 members (excludes halogenated alkanes) is 40. The lowest BCUT2D eigenvalue weighted by Gasteiger charge is -2.21. The Kier molecular flexibility index (Phi) is 63.7. The zero-order chi connectivity index (χ0) is 67.9. The molecule has 0 amide bonds. The summed E-state index contributed by atoms with van der Waals surface area (Å²) >= 11 is 0. The van der Waals surface area contributed by atoms with Gasteiger partial charge in [-0.2, -0.15) is 0 Å². The Morgan fingerprint density at radius 1 is 0.304 bits per heavy atom. The van der Waals surface area contributed by atoms with E-state index in [9.17, 15) is 43.2 Å². The monoisotopic (exact) mass is 1350 g/mol. The minimum Gasteiger partial charge on any atom is -0.462 e. The molecule has 0 fully saturated rings. The molecule has 0 aliphatic rings. The maximum absolute atomic E-state index is 13.1. The first-order valence-electron chi connectivity index (χ1n) is 38.1. The molecule has 19 heteroatoms. The van der Waals surface area contributed by atoms with Crippen molar-refractivity contribution in [1.29, 1.82) is 0 Å². The largest absolute Gasteiger partial charge is 0.472 e. The van der Waals surface area contributed by atoms with Gasteiger partial charge in [-0.1, -0.05) is 324 Å². The van der Waals surface area contributed by atoms with Crippen molar-refractivity contribution in [3.63, 3.8) is 0 Å². The highest BCUT2D eigenvalue weighted by Crippen LogP contribution is 2.45. The van der Waals surface area contributed by atoms with Gasteiger partial charge < -0.3 is 33.8 Å². The lowest BCUT2D eigenvalue weighted by molar-refractivity contribution is -0.161. The molecule has 0 aromatic heterocycles. The Labute approximate surface area is 562 Å². The van der Waals surface area contributed by atoms with Crippen molar-refractivity contribution in [2.75, 3.05) is 39.6 Å². The number of hydrogen-bond acceptors (Lipinski definition) is 15. The van der Waals surface area contributed by atoms with Crippen molar-refractivity contribution in [3.8, 4) is 0 Å². The molecule has 0 aliphatic heterocycles. The predicted octanol–water partition coefficient (Wildman–Crippen LogP) is 21.2. The van der Waals surface area contributed by atoms with Crippen LogP contribution in [0.2, 0.25) is 0 Å². The summed E-state index contributed by atoms with van der Waals surface area (Å²) in [5, 5.41) is 10.6. The molecule has 0 aliphatic carbocycles. The fraction of sp³-hybridized carbons (Fsp3) is 0.945. The van der Waals surface area contributed by atoms with Crippen LogP contribution in [0.3, 0.4) is 0 Å².